The molecular formula is C20H29NO6. The number of benzene rings is 1. The highest BCUT2D eigenvalue weighted by atomic mass is 16.6. The maximum atomic E-state index is 12.6. The second-order valence-corrected chi connectivity index (χ2v) is 8.45. The second kappa shape index (κ2) is 7.98. The molecule has 0 aliphatic carbocycles. The molecule has 0 spiro atoms. The normalized spacial score (nSPS) is 12.9. The molecule has 0 aliphatic rings. The second-order valence-electron chi connectivity index (χ2n) is 8.45. The van der Waals surface area contributed by atoms with Crippen molar-refractivity contribution in [3.05, 3.63) is 28.8 Å². The van der Waals surface area contributed by atoms with Gasteiger partial charge in [0.25, 0.3) is 5.91 Å². The Kier molecular flexibility index (Phi) is 6.64. The first-order valence-electron chi connectivity index (χ1n) is 8.66. The van der Waals surface area contributed by atoms with Gasteiger partial charge in [-0.25, -0.2) is 9.59 Å². The van der Waals surface area contributed by atoms with E-state index in [2.05, 4.69) is 4.74 Å². The fraction of sp³-hybridized carbons (Fsp3) is 0.550. The van der Waals surface area contributed by atoms with Crippen molar-refractivity contribution < 1.29 is 29.0 Å². The van der Waals surface area contributed by atoms with Crippen LogP contribution in [-0.4, -0.2) is 36.3 Å². The highest BCUT2D eigenvalue weighted by Gasteiger charge is 2.29. The number of imide groups is 1. The number of amides is 2. The lowest BCUT2D eigenvalue weighted by Crippen LogP contribution is -2.39. The average Bonchev–Trinajstić information content (AvgIpc) is 2.52. The van der Waals surface area contributed by atoms with Crippen LogP contribution in [0.15, 0.2) is 12.1 Å². The number of ether oxygens (including phenoxy) is 2. The van der Waals surface area contributed by atoms with E-state index in [4.69, 9.17) is 4.74 Å². The van der Waals surface area contributed by atoms with Crippen molar-refractivity contribution in [3.63, 3.8) is 0 Å². The quantitative estimate of drug-likeness (QED) is 0.780. The van der Waals surface area contributed by atoms with Crippen LogP contribution in [0, 0.1) is 0 Å². The van der Waals surface area contributed by atoms with Crippen molar-refractivity contribution in [2.24, 2.45) is 0 Å². The molecule has 7 nitrogen and oxygen atoms in total. The summed E-state index contributed by atoms with van der Waals surface area (Å²) in [4.78, 5) is 35.5. The summed E-state index contributed by atoms with van der Waals surface area (Å²) in [7, 11) is 1.12. The smallest absolute Gasteiger partial charge is 0.413 e. The van der Waals surface area contributed by atoms with Crippen molar-refractivity contribution in [1.82, 2.24) is 5.32 Å². The van der Waals surface area contributed by atoms with Crippen LogP contribution < -0.4 is 5.32 Å². The Hall–Kier alpha value is -2.57. The summed E-state index contributed by atoms with van der Waals surface area (Å²) in [6.45, 7) is 12.9. The van der Waals surface area contributed by atoms with Gasteiger partial charge in [-0.05, 0) is 29.9 Å². The van der Waals surface area contributed by atoms with Crippen LogP contribution >= 0.6 is 0 Å². The van der Waals surface area contributed by atoms with Crippen molar-refractivity contribution in [3.8, 4) is 5.75 Å². The Labute approximate surface area is 160 Å². The molecule has 0 saturated heterocycles. The van der Waals surface area contributed by atoms with Crippen molar-refractivity contribution in [1.29, 1.82) is 0 Å². The van der Waals surface area contributed by atoms with E-state index >= 15 is 0 Å². The van der Waals surface area contributed by atoms with Crippen LogP contribution in [0.3, 0.4) is 0 Å². The SMILES string of the molecule is COC(=O)NC(=O)[C@@H](C)OC(=O)c1cc(C(C)(C)C)c(O)c(C(C)(C)C)c1. The van der Waals surface area contributed by atoms with Crippen molar-refractivity contribution in [2.45, 2.75) is 65.4 Å². The molecule has 1 rings (SSSR count). The topological polar surface area (TPSA) is 102 Å². The molecule has 0 unspecified atom stereocenters. The third kappa shape index (κ3) is 5.70. The lowest BCUT2D eigenvalue weighted by molar-refractivity contribution is -0.128. The first-order chi connectivity index (χ1) is 12.2. The highest BCUT2D eigenvalue weighted by Crippen LogP contribution is 2.39. The predicted molar refractivity (Wildman–Crippen MR) is 101 cm³/mol. The van der Waals surface area contributed by atoms with Crippen molar-refractivity contribution >= 4 is 18.0 Å². The number of rotatable bonds is 3. The molecule has 2 amide bonds. The molecule has 0 aliphatic heterocycles. The van der Waals surface area contributed by atoms with Crippen LogP contribution in [0.4, 0.5) is 4.79 Å². The Morgan fingerprint density at radius 2 is 1.44 bits per heavy atom. The van der Waals surface area contributed by atoms with Gasteiger partial charge in [-0.3, -0.25) is 10.1 Å². The largest absolute Gasteiger partial charge is 0.507 e. The third-order valence-corrected chi connectivity index (χ3v) is 4.03. The Balaban J connectivity index is 3.23. The zero-order valence-corrected chi connectivity index (χ0v) is 17.2. The predicted octanol–water partition coefficient (Wildman–Crippen LogP) is 3.42. The van der Waals surface area contributed by atoms with E-state index in [0.29, 0.717) is 11.1 Å². The summed E-state index contributed by atoms with van der Waals surface area (Å²) in [5.41, 5.74) is 0.616. The fourth-order valence-corrected chi connectivity index (χ4v) is 2.43. The Morgan fingerprint density at radius 1 is 1.00 bits per heavy atom. The van der Waals surface area contributed by atoms with Gasteiger partial charge in [-0.2, -0.15) is 0 Å². The molecule has 27 heavy (non-hydrogen) atoms. The number of methoxy groups -OCH3 is 1. The molecular weight excluding hydrogens is 350 g/mol. The summed E-state index contributed by atoms with van der Waals surface area (Å²) < 4.78 is 9.52. The number of carbonyl (C=O) groups is 3. The number of esters is 1. The van der Waals surface area contributed by atoms with Gasteiger partial charge in [-0.15, -0.1) is 0 Å². The lowest BCUT2D eigenvalue weighted by Gasteiger charge is -2.28. The third-order valence-electron chi connectivity index (χ3n) is 4.03. The van der Waals surface area contributed by atoms with Gasteiger partial charge >= 0.3 is 12.1 Å². The molecule has 0 heterocycles. The van der Waals surface area contributed by atoms with E-state index in [9.17, 15) is 19.5 Å². The molecule has 7 heteroatoms. The lowest BCUT2D eigenvalue weighted by atomic mass is 9.78. The molecule has 0 fully saturated rings. The van der Waals surface area contributed by atoms with Gasteiger partial charge in [0, 0.05) is 11.1 Å². The minimum atomic E-state index is -1.19. The first kappa shape index (κ1) is 22.5. The van der Waals surface area contributed by atoms with Crippen LogP contribution in [0.5, 0.6) is 5.75 Å². The van der Waals surface area contributed by atoms with E-state index in [0.717, 1.165) is 7.11 Å². The molecule has 1 aromatic rings. The summed E-state index contributed by atoms with van der Waals surface area (Å²) in [6.07, 6.45) is -2.13. The Morgan fingerprint density at radius 3 is 1.81 bits per heavy atom. The highest BCUT2D eigenvalue weighted by molar-refractivity contribution is 5.97. The molecule has 2 N–H and O–H groups in total. The Bertz CT molecular complexity index is 705. The summed E-state index contributed by atoms with van der Waals surface area (Å²) in [6, 6.07) is 3.13. The van der Waals surface area contributed by atoms with Crippen LogP contribution in [0.25, 0.3) is 0 Å². The number of alkyl carbamates (subject to hydrolysis) is 1. The standard InChI is InChI=1S/C20H29NO6/c1-11(16(23)21-18(25)26-8)27-17(24)12-9-13(19(2,3)4)15(22)14(10-12)20(5,6)7/h9-11,22H,1-8H3,(H,21,23,25)/t11-/m1/s1. The van der Waals surface area contributed by atoms with E-state index < -0.39 is 34.9 Å². The zero-order chi connectivity index (χ0) is 21.2. The molecule has 150 valence electrons. The molecule has 1 atom stereocenters. The minimum Gasteiger partial charge on any atom is -0.507 e. The average molecular weight is 379 g/mol. The number of hydrogen-bond donors (Lipinski definition) is 2. The van der Waals surface area contributed by atoms with Gasteiger partial charge in [0.1, 0.15) is 5.75 Å². The van der Waals surface area contributed by atoms with Crippen molar-refractivity contribution in [2.75, 3.05) is 7.11 Å². The van der Waals surface area contributed by atoms with Gasteiger partial charge in [0.15, 0.2) is 6.10 Å². The number of phenolic OH excluding ortho intramolecular Hbond substituents is 1. The number of phenols is 1. The molecule has 0 radical (unpaired) electrons. The van der Waals surface area contributed by atoms with Gasteiger partial charge < -0.3 is 14.6 Å². The number of aromatic hydroxyl groups is 1. The van der Waals surface area contributed by atoms with E-state index in [1.54, 1.807) is 12.1 Å². The summed E-state index contributed by atoms with van der Waals surface area (Å²) in [5, 5.41) is 12.6. The van der Waals surface area contributed by atoms with Gasteiger partial charge in [0.05, 0.1) is 12.7 Å². The summed E-state index contributed by atoms with van der Waals surface area (Å²) >= 11 is 0. The van der Waals surface area contributed by atoms with Gasteiger partial charge in [0.2, 0.25) is 0 Å². The molecule has 1 aromatic carbocycles. The van der Waals surface area contributed by atoms with Gasteiger partial charge in [-0.1, -0.05) is 41.5 Å². The monoisotopic (exact) mass is 379 g/mol. The molecule has 0 aromatic heterocycles. The van der Waals surface area contributed by atoms with E-state index in [1.807, 2.05) is 46.9 Å². The van der Waals surface area contributed by atoms with Crippen LogP contribution in [-0.2, 0) is 25.1 Å². The minimum absolute atomic E-state index is 0.142. The number of nitrogens with one attached hydrogen (secondary N) is 1. The van der Waals surface area contributed by atoms with E-state index in [-0.39, 0.29) is 11.3 Å². The first-order valence-corrected chi connectivity index (χ1v) is 8.66. The van der Waals surface area contributed by atoms with Crippen LogP contribution in [0.2, 0.25) is 0 Å². The molecule has 0 saturated carbocycles. The molecule has 0 bridgehead atoms. The maximum Gasteiger partial charge on any atom is 0.413 e. The maximum absolute atomic E-state index is 12.6. The van der Waals surface area contributed by atoms with E-state index in [1.165, 1.54) is 6.92 Å². The fourth-order valence-electron chi connectivity index (χ4n) is 2.43. The number of carbonyl (C=O) groups excluding carboxylic acids is 3. The van der Waals surface area contributed by atoms with Crippen LogP contribution in [0.1, 0.15) is 70.0 Å². The summed E-state index contributed by atoms with van der Waals surface area (Å²) in [5.74, 6) is -1.37. The number of hydrogen-bond acceptors (Lipinski definition) is 6. The zero-order valence-electron chi connectivity index (χ0n) is 17.2.